The topological polar surface area (TPSA) is 83.5 Å². The van der Waals surface area contributed by atoms with Gasteiger partial charge in [-0.25, -0.2) is 13.2 Å². The van der Waals surface area contributed by atoms with Crippen LogP contribution >= 0.6 is 11.6 Å². The highest BCUT2D eigenvalue weighted by Crippen LogP contribution is 2.26. The number of anilines is 1. The molecule has 5 nitrogen and oxygen atoms in total. The van der Waals surface area contributed by atoms with Gasteiger partial charge in [-0.3, -0.25) is 4.72 Å². The van der Waals surface area contributed by atoms with Crippen LogP contribution in [-0.4, -0.2) is 19.5 Å². The largest absolute Gasteiger partial charge is 0.478 e. The molecule has 128 valence electrons. The van der Waals surface area contributed by atoms with Crippen LogP contribution in [0.5, 0.6) is 0 Å². The Morgan fingerprint density at radius 2 is 1.67 bits per heavy atom. The summed E-state index contributed by atoms with van der Waals surface area (Å²) in [5, 5.41) is 9.41. The van der Waals surface area contributed by atoms with Crippen LogP contribution < -0.4 is 4.72 Å². The van der Waals surface area contributed by atoms with Crippen LogP contribution in [0.1, 0.15) is 36.7 Å². The van der Waals surface area contributed by atoms with Gasteiger partial charge in [0.15, 0.2) is 0 Å². The summed E-state index contributed by atoms with van der Waals surface area (Å²) >= 11 is 5.84. The first-order valence-electron chi connectivity index (χ1n) is 7.17. The lowest BCUT2D eigenvalue weighted by Gasteiger charge is -2.19. The van der Waals surface area contributed by atoms with Gasteiger partial charge in [-0.2, -0.15) is 0 Å². The van der Waals surface area contributed by atoms with E-state index in [4.69, 9.17) is 11.6 Å². The molecule has 0 amide bonds. The third kappa shape index (κ3) is 4.07. The normalized spacial score (nSPS) is 12.0. The highest BCUT2D eigenvalue weighted by atomic mass is 35.5. The summed E-state index contributed by atoms with van der Waals surface area (Å²) in [6, 6.07) is 10.4. The van der Waals surface area contributed by atoms with Crippen molar-refractivity contribution in [3.8, 4) is 0 Å². The molecule has 2 aromatic carbocycles. The van der Waals surface area contributed by atoms with E-state index in [2.05, 4.69) is 4.72 Å². The monoisotopic (exact) mass is 367 g/mol. The fourth-order valence-electron chi connectivity index (χ4n) is 2.13. The summed E-state index contributed by atoms with van der Waals surface area (Å²) in [7, 11) is -3.92. The van der Waals surface area contributed by atoms with Crippen molar-refractivity contribution in [2.45, 2.75) is 31.1 Å². The number of aromatic carboxylic acids is 1. The minimum absolute atomic E-state index is 0.0480. The summed E-state index contributed by atoms with van der Waals surface area (Å²) < 4.78 is 27.3. The Hall–Kier alpha value is -2.05. The van der Waals surface area contributed by atoms with E-state index in [-0.39, 0.29) is 26.6 Å². The molecular weight excluding hydrogens is 350 g/mol. The molecule has 0 atom stereocenters. The first-order chi connectivity index (χ1) is 11.0. The van der Waals surface area contributed by atoms with Gasteiger partial charge < -0.3 is 5.11 Å². The SMILES string of the molecule is CC(C)(C)c1ccc(S(=O)(=O)Nc2cc(Cl)ccc2C(=O)O)cc1. The van der Waals surface area contributed by atoms with Gasteiger partial charge in [-0.05, 0) is 41.3 Å². The molecular formula is C17H18ClNO4S. The lowest BCUT2D eigenvalue weighted by molar-refractivity contribution is 0.0698. The lowest BCUT2D eigenvalue weighted by atomic mass is 9.87. The highest BCUT2D eigenvalue weighted by Gasteiger charge is 2.20. The van der Waals surface area contributed by atoms with Crippen molar-refractivity contribution in [3.63, 3.8) is 0 Å². The third-order valence-corrected chi connectivity index (χ3v) is 5.10. The summed E-state index contributed by atoms with van der Waals surface area (Å²) in [6.07, 6.45) is 0. The third-order valence-electron chi connectivity index (χ3n) is 3.49. The van der Waals surface area contributed by atoms with Gasteiger partial charge in [0.2, 0.25) is 0 Å². The van der Waals surface area contributed by atoms with Crippen LogP contribution in [0.15, 0.2) is 47.4 Å². The standard InChI is InChI=1S/C17H18ClNO4S/c1-17(2,3)11-4-7-13(8-5-11)24(22,23)19-15-10-12(18)6-9-14(15)16(20)21/h4-10,19H,1-3H3,(H,20,21). The minimum Gasteiger partial charge on any atom is -0.478 e. The van der Waals surface area contributed by atoms with Crippen LogP contribution in [0, 0.1) is 0 Å². The van der Waals surface area contributed by atoms with E-state index in [9.17, 15) is 18.3 Å². The Morgan fingerprint density at radius 1 is 1.08 bits per heavy atom. The zero-order chi connectivity index (χ0) is 18.1. The van der Waals surface area contributed by atoms with E-state index in [1.807, 2.05) is 20.8 Å². The Balaban J connectivity index is 2.39. The number of carboxylic acids is 1. The molecule has 0 bridgehead atoms. The van der Waals surface area contributed by atoms with Crippen LogP contribution in [0.3, 0.4) is 0 Å². The maximum atomic E-state index is 12.5. The number of hydrogen-bond donors (Lipinski definition) is 2. The molecule has 7 heteroatoms. The number of nitrogens with one attached hydrogen (secondary N) is 1. The van der Waals surface area contributed by atoms with Crippen molar-refractivity contribution in [2.24, 2.45) is 0 Å². The van der Waals surface area contributed by atoms with Gasteiger partial charge >= 0.3 is 5.97 Å². The zero-order valence-electron chi connectivity index (χ0n) is 13.5. The second-order valence-electron chi connectivity index (χ2n) is 6.37. The average Bonchev–Trinajstić information content (AvgIpc) is 2.45. The summed E-state index contributed by atoms with van der Waals surface area (Å²) in [5.41, 5.74) is 0.652. The van der Waals surface area contributed by atoms with Gasteiger partial charge in [-0.15, -0.1) is 0 Å². The maximum Gasteiger partial charge on any atom is 0.337 e. The van der Waals surface area contributed by atoms with Crippen LogP contribution in [0.2, 0.25) is 5.02 Å². The van der Waals surface area contributed by atoms with E-state index in [0.717, 1.165) is 5.56 Å². The molecule has 0 unspecified atom stereocenters. The molecule has 0 saturated heterocycles. The molecule has 2 rings (SSSR count). The zero-order valence-corrected chi connectivity index (χ0v) is 15.1. The predicted molar refractivity (Wildman–Crippen MR) is 94.4 cm³/mol. The first kappa shape index (κ1) is 18.3. The van der Waals surface area contributed by atoms with E-state index in [1.165, 1.54) is 30.3 Å². The quantitative estimate of drug-likeness (QED) is 0.850. The molecule has 2 N–H and O–H groups in total. The van der Waals surface area contributed by atoms with Crippen molar-refractivity contribution in [2.75, 3.05) is 4.72 Å². The van der Waals surface area contributed by atoms with Crippen LogP contribution in [0.4, 0.5) is 5.69 Å². The van der Waals surface area contributed by atoms with Crippen LogP contribution in [0.25, 0.3) is 0 Å². The molecule has 0 aliphatic heterocycles. The Morgan fingerprint density at radius 3 is 2.17 bits per heavy atom. The van der Waals surface area contributed by atoms with Crippen molar-refractivity contribution < 1.29 is 18.3 Å². The van der Waals surface area contributed by atoms with Crippen molar-refractivity contribution >= 4 is 33.3 Å². The van der Waals surface area contributed by atoms with Gasteiger partial charge in [-0.1, -0.05) is 44.5 Å². The van der Waals surface area contributed by atoms with Crippen molar-refractivity contribution in [3.05, 3.63) is 58.6 Å². The molecule has 0 spiro atoms. The van der Waals surface area contributed by atoms with Crippen molar-refractivity contribution in [1.29, 1.82) is 0 Å². The number of hydrogen-bond acceptors (Lipinski definition) is 3. The lowest BCUT2D eigenvalue weighted by Crippen LogP contribution is -2.16. The van der Waals surface area contributed by atoms with E-state index in [1.54, 1.807) is 12.1 Å². The Bertz CT molecular complexity index is 868. The van der Waals surface area contributed by atoms with E-state index in [0.29, 0.717) is 0 Å². The molecule has 0 fully saturated rings. The molecule has 0 aliphatic carbocycles. The second kappa shape index (κ2) is 6.45. The molecule has 0 heterocycles. The minimum atomic E-state index is -3.92. The summed E-state index contributed by atoms with van der Waals surface area (Å²) in [4.78, 5) is 11.3. The molecule has 0 aliphatic rings. The van der Waals surface area contributed by atoms with Gasteiger partial charge in [0.05, 0.1) is 16.1 Å². The molecule has 0 aromatic heterocycles. The fourth-order valence-corrected chi connectivity index (χ4v) is 3.37. The second-order valence-corrected chi connectivity index (χ2v) is 8.49. The Kier molecular flexibility index (Phi) is 4.92. The number of halogens is 1. The Labute approximate surface area is 146 Å². The van der Waals surface area contributed by atoms with Gasteiger partial charge in [0.1, 0.15) is 0 Å². The number of benzene rings is 2. The number of carboxylic acid groups (broad SMARTS) is 1. The first-order valence-corrected chi connectivity index (χ1v) is 9.03. The van der Waals surface area contributed by atoms with Crippen molar-refractivity contribution in [1.82, 2.24) is 0 Å². The molecule has 0 radical (unpaired) electrons. The van der Waals surface area contributed by atoms with Gasteiger partial charge in [0, 0.05) is 5.02 Å². The van der Waals surface area contributed by atoms with Crippen LogP contribution in [-0.2, 0) is 15.4 Å². The average molecular weight is 368 g/mol. The summed E-state index contributed by atoms with van der Waals surface area (Å²) in [6.45, 7) is 6.08. The predicted octanol–water partition coefficient (Wildman–Crippen LogP) is 4.14. The number of sulfonamides is 1. The summed E-state index contributed by atoms with van der Waals surface area (Å²) in [5.74, 6) is -1.24. The number of carbonyl (C=O) groups is 1. The fraction of sp³-hybridized carbons (Fsp3) is 0.235. The number of rotatable bonds is 4. The smallest absolute Gasteiger partial charge is 0.337 e. The highest BCUT2D eigenvalue weighted by molar-refractivity contribution is 7.92. The van der Waals surface area contributed by atoms with E-state index < -0.39 is 16.0 Å². The van der Waals surface area contributed by atoms with Gasteiger partial charge in [0.25, 0.3) is 10.0 Å². The van der Waals surface area contributed by atoms with E-state index >= 15 is 0 Å². The molecule has 2 aromatic rings. The maximum absolute atomic E-state index is 12.5. The molecule has 0 saturated carbocycles. The molecule has 24 heavy (non-hydrogen) atoms.